The first-order valence-electron chi connectivity index (χ1n) is 9.20. The van der Waals surface area contributed by atoms with Crippen molar-refractivity contribution >= 4 is 5.52 Å². The highest BCUT2D eigenvalue weighted by atomic mass is 16.4. The number of hydrogen-bond donors (Lipinski definition) is 0. The van der Waals surface area contributed by atoms with E-state index in [0.29, 0.717) is 23.9 Å². The quantitative estimate of drug-likeness (QED) is 0.557. The van der Waals surface area contributed by atoms with Crippen molar-refractivity contribution < 1.29 is 4.42 Å². The molecular weight excluding hydrogens is 340 g/mol. The molecule has 3 aromatic heterocycles. The van der Waals surface area contributed by atoms with Gasteiger partial charge in [0.15, 0.2) is 0 Å². The molecule has 1 saturated carbocycles. The van der Waals surface area contributed by atoms with E-state index in [1.165, 1.54) is 0 Å². The van der Waals surface area contributed by atoms with Gasteiger partial charge in [0.05, 0.1) is 12.2 Å². The van der Waals surface area contributed by atoms with Crippen LogP contribution in [0, 0.1) is 13.8 Å². The summed E-state index contributed by atoms with van der Waals surface area (Å²) in [6, 6.07) is 9.96. The summed E-state index contributed by atoms with van der Waals surface area (Å²) in [4.78, 5) is 17.5. The van der Waals surface area contributed by atoms with Gasteiger partial charge in [-0.1, -0.05) is 17.7 Å². The predicted octanol–water partition coefficient (Wildman–Crippen LogP) is 3.69. The summed E-state index contributed by atoms with van der Waals surface area (Å²) < 4.78 is 9.20. The molecule has 6 nitrogen and oxygen atoms in total. The van der Waals surface area contributed by atoms with Crippen LogP contribution in [-0.2, 0) is 6.54 Å². The summed E-state index contributed by atoms with van der Waals surface area (Å²) in [6.07, 6.45) is 5.93. The maximum absolute atomic E-state index is 12.9. The number of hydrogen-bond acceptors (Lipinski definition) is 4. The van der Waals surface area contributed by atoms with Crippen LogP contribution in [0.2, 0.25) is 0 Å². The third-order valence-electron chi connectivity index (χ3n) is 5.10. The van der Waals surface area contributed by atoms with E-state index >= 15 is 0 Å². The van der Waals surface area contributed by atoms with E-state index < -0.39 is 0 Å². The van der Waals surface area contributed by atoms with E-state index in [-0.39, 0.29) is 5.56 Å². The Bertz CT molecular complexity index is 1210. The van der Waals surface area contributed by atoms with Crippen LogP contribution in [0.3, 0.4) is 0 Å². The lowest BCUT2D eigenvalue weighted by atomic mass is 10.1. The fraction of sp³-hybridized carbons (Fsp3) is 0.286. The summed E-state index contributed by atoms with van der Waals surface area (Å²) in [5.41, 5.74) is 4.43. The Balaban J connectivity index is 1.50. The molecule has 0 radical (unpaired) electrons. The highest BCUT2D eigenvalue weighted by molar-refractivity contribution is 5.55. The third kappa shape index (κ3) is 2.87. The van der Waals surface area contributed by atoms with Crippen LogP contribution in [-0.4, -0.2) is 19.2 Å². The number of aryl methyl sites for hydroxylation is 2. The predicted molar refractivity (Wildman–Crippen MR) is 102 cm³/mol. The van der Waals surface area contributed by atoms with E-state index in [2.05, 4.69) is 10.1 Å². The van der Waals surface area contributed by atoms with Crippen molar-refractivity contribution in [3.63, 3.8) is 0 Å². The highest BCUT2D eigenvalue weighted by Gasteiger charge is 2.27. The van der Waals surface area contributed by atoms with Crippen LogP contribution in [0.1, 0.15) is 41.5 Å². The molecule has 0 spiro atoms. The highest BCUT2D eigenvalue weighted by Crippen LogP contribution is 2.39. The molecule has 1 aromatic carbocycles. The fourth-order valence-corrected chi connectivity index (χ4v) is 3.39. The molecule has 136 valence electrons. The number of nitrogens with zero attached hydrogens (tertiary/aromatic N) is 4. The van der Waals surface area contributed by atoms with Crippen molar-refractivity contribution in [1.29, 1.82) is 0 Å². The molecule has 0 bridgehead atoms. The average molecular weight is 360 g/mol. The van der Waals surface area contributed by atoms with Crippen LogP contribution in [0.15, 0.2) is 51.9 Å². The fourth-order valence-electron chi connectivity index (χ4n) is 3.39. The zero-order valence-corrected chi connectivity index (χ0v) is 15.3. The smallest absolute Gasteiger partial charge is 0.276 e. The zero-order valence-electron chi connectivity index (χ0n) is 15.3. The normalized spacial score (nSPS) is 14.1. The van der Waals surface area contributed by atoms with Gasteiger partial charge >= 0.3 is 0 Å². The summed E-state index contributed by atoms with van der Waals surface area (Å²) in [5.74, 6) is 1.83. The summed E-state index contributed by atoms with van der Waals surface area (Å²) in [6.45, 7) is 4.30. The molecule has 5 rings (SSSR count). The molecule has 1 aliphatic rings. The number of oxazole rings is 1. The van der Waals surface area contributed by atoms with Crippen molar-refractivity contribution in [3.8, 4) is 11.5 Å². The molecule has 3 heterocycles. The SMILES string of the molecule is Cc1cccc(-c2nc(Cn3ccn4nc(C5CC5)cc4c3=O)c(C)o2)c1. The van der Waals surface area contributed by atoms with Crippen molar-refractivity contribution in [2.75, 3.05) is 0 Å². The van der Waals surface area contributed by atoms with Crippen LogP contribution in [0.5, 0.6) is 0 Å². The lowest BCUT2D eigenvalue weighted by Crippen LogP contribution is -2.22. The van der Waals surface area contributed by atoms with E-state index in [0.717, 1.165) is 41.1 Å². The first-order valence-corrected chi connectivity index (χ1v) is 9.20. The van der Waals surface area contributed by atoms with Crippen LogP contribution >= 0.6 is 0 Å². The maximum atomic E-state index is 12.9. The average Bonchev–Trinajstić information content (AvgIpc) is 3.31. The van der Waals surface area contributed by atoms with Gasteiger partial charge in [0, 0.05) is 23.9 Å². The first kappa shape index (κ1) is 16.1. The minimum atomic E-state index is -0.0589. The van der Waals surface area contributed by atoms with Crippen LogP contribution in [0.4, 0.5) is 0 Å². The second-order valence-corrected chi connectivity index (χ2v) is 7.30. The molecular formula is C21H20N4O2. The molecule has 1 aliphatic carbocycles. The molecule has 0 saturated heterocycles. The van der Waals surface area contributed by atoms with Crippen molar-refractivity contribution in [2.45, 2.75) is 39.2 Å². The maximum Gasteiger partial charge on any atom is 0.276 e. The number of fused-ring (bicyclic) bond motifs is 1. The van der Waals surface area contributed by atoms with Crippen molar-refractivity contribution in [2.24, 2.45) is 0 Å². The topological polar surface area (TPSA) is 65.3 Å². The van der Waals surface area contributed by atoms with Gasteiger partial charge in [-0.05, 0) is 44.9 Å². The lowest BCUT2D eigenvalue weighted by Gasteiger charge is -2.04. The van der Waals surface area contributed by atoms with E-state index in [4.69, 9.17) is 4.42 Å². The van der Waals surface area contributed by atoms with Gasteiger partial charge in [-0.15, -0.1) is 0 Å². The number of rotatable bonds is 4. The molecule has 0 atom stereocenters. The Morgan fingerprint density at radius 3 is 2.81 bits per heavy atom. The van der Waals surface area contributed by atoms with Gasteiger partial charge in [0.25, 0.3) is 5.56 Å². The van der Waals surface area contributed by atoms with Gasteiger partial charge in [0.2, 0.25) is 5.89 Å². The second-order valence-electron chi connectivity index (χ2n) is 7.30. The molecule has 0 unspecified atom stereocenters. The minimum Gasteiger partial charge on any atom is -0.441 e. The standard InChI is InChI=1S/C21H20N4O2/c1-13-4-3-5-16(10-13)20-22-18(14(2)27-20)12-24-8-9-25-19(21(24)26)11-17(23-25)15-6-7-15/h3-5,8-11,15H,6-7,12H2,1-2H3. The van der Waals surface area contributed by atoms with Gasteiger partial charge < -0.3 is 8.98 Å². The molecule has 27 heavy (non-hydrogen) atoms. The molecule has 4 aromatic rings. The van der Waals surface area contributed by atoms with Gasteiger partial charge in [-0.2, -0.15) is 5.10 Å². The van der Waals surface area contributed by atoms with Crippen molar-refractivity contribution in [1.82, 2.24) is 19.2 Å². The van der Waals surface area contributed by atoms with E-state index in [1.807, 2.05) is 50.4 Å². The van der Waals surface area contributed by atoms with E-state index in [1.54, 1.807) is 15.3 Å². The molecule has 6 heteroatoms. The van der Waals surface area contributed by atoms with Crippen LogP contribution < -0.4 is 5.56 Å². The van der Waals surface area contributed by atoms with Crippen molar-refractivity contribution in [3.05, 3.63) is 75.8 Å². The molecule has 1 fully saturated rings. The largest absolute Gasteiger partial charge is 0.441 e. The second kappa shape index (κ2) is 5.94. The van der Waals surface area contributed by atoms with Crippen LogP contribution in [0.25, 0.3) is 17.0 Å². The Morgan fingerprint density at radius 2 is 2.04 bits per heavy atom. The first-order chi connectivity index (χ1) is 13.1. The summed E-state index contributed by atoms with van der Waals surface area (Å²) >= 11 is 0. The van der Waals surface area contributed by atoms with E-state index in [9.17, 15) is 4.79 Å². The van der Waals surface area contributed by atoms with Gasteiger partial charge in [-0.3, -0.25) is 4.79 Å². The Labute approximate surface area is 156 Å². The lowest BCUT2D eigenvalue weighted by molar-refractivity contribution is 0.537. The van der Waals surface area contributed by atoms with Gasteiger partial charge in [0.1, 0.15) is 17.0 Å². The molecule has 0 N–H and O–H groups in total. The third-order valence-corrected chi connectivity index (χ3v) is 5.10. The minimum absolute atomic E-state index is 0.0589. The number of benzene rings is 1. The summed E-state index contributed by atoms with van der Waals surface area (Å²) in [5, 5.41) is 4.52. The Kier molecular flexibility index (Phi) is 3.53. The zero-order chi connectivity index (χ0) is 18.5. The number of aromatic nitrogens is 4. The molecule has 0 amide bonds. The monoisotopic (exact) mass is 360 g/mol. The Hall–Kier alpha value is -3.15. The Morgan fingerprint density at radius 1 is 1.19 bits per heavy atom. The summed E-state index contributed by atoms with van der Waals surface area (Å²) in [7, 11) is 0. The molecule has 0 aliphatic heterocycles. The van der Waals surface area contributed by atoms with Gasteiger partial charge in [-0.25, -0.2) is 9.50 Å².